The topological polar surface area (TPSA) is 71.3 Å². The van der Waals surface area contributed by atoms with Crippen LogP contribution in [0.15, 0.2) is 35.0 Å². The molecule has 0 aromatic carbocycles. The number of carbonyl (C=O) groups excluding carboxylic acids is 1. The van der Waals surface area contributed by atoms with Crippen molar-refractivity contribution in [3.8, 4) is 0 Å². The first-order valence-corrected chi connectivity index (χ1v) is 8.82. The van der Waals surface area contributed by atoms with Gasteiger partial charge in [0.2, 0.25) is 5.91 Å². The lowest BCUT2D eigenvalue weighted by atomic mass is 9.81. The highest BCUT2D eigenvalue weighted by atomic mass is 16.5. The van der Waals surface area contributed by atoms with Gasteiger partial charge in [-0.05, 0) is 31.0 Å². The Labute approximate surface area is 148 Å². The van der Waals surface area contributed by atoms with Crippen LogP contribution in [-0.2, 0) is 17.8 Å². The molecule has 3 heterocycles. The summed E-state index contributed by atoms with van der Waals surface area (Å²) in [5, 5.41) is 6.97. The van der Waals surface area contributed by atoms with Gasteiger partial charge in [0.25, 0.3) is 0 Å². The predicted molar refractivity (Wildman–Crippen MR) is 94.9 cm³/mol. The Morgan fingerprint density at radius 1 is 1.44 bits per heavy atom. The Morgan fingerprint density at radius 2 is 2.28 bits per heavy atom. The number of carbonyl (C=O) groups is 1. The van der Waals surface area contributed by atoms with Crippen LogP contribution in [-0.4, -0.2) is 41.1 Å². The van der Waals surface area contributed by atoms with E-state index in [4.69, 9.17) is 4.52 Å². The van der Waals surface area contributed by atoms with Gasteiger partial charge in [0.1, 0.15) is 5.76 Å². The molecule has 0 radical (unpaired) electrons. The molecule has 1 atom stereocenters. The Morgan fingerprint density at radius 3 is 2.92 bits per heavy atom. The second kappa shape index (κ2) is 7.35. The van der Waals surface area contributed by atoms with Crippen molar-refractivity contribution >= 4 is 5.91 Å². The minimum atomic E-state index is -0.475. The van der Waals surface area contributed by atoms with E-state index in [0.29, 0.717) is 18.9 Å². The molecule has 1 saturated heterocycles. The first-order valence-electron chi connectivity index (χ1n) is 8.82. The number of amides is 1. The highest BCUT2D eigenvalue weighted by Gasteiger charge is 2.45. The minimum Gasteiger partial charge on any atom is -0.361 e. The molecule has 6 heteroatoms. The smallest absolute Gasteiger partial charge is 0.227 e. The van der Waals surface area contributed by atoms with E-state index in [9.17, 15) is 4.79 Å². The van der Waals surface area contributed by atoms with E-state index in [2.05, 4.69) is 34.2 Å². The van der Waals surface area contributed by atoms with E-state index in [1.807, 2.05) is 24.3 Å². The summed E-state index contributed by atoms with van der Waals surface area (Å²) in [7, 11) is 1.70. The third kappa shape index (κ3) is 3.90. The SMILES string of the molecule is CNC(=O)C1(Cc2cc(C(C)C)no2)CCN(Cc2ccccn2)C1. The molecule has 1 fully saturated rings. The number of aromatic nitrogens is 2. The van der Waals surface area contributed by atoms with Crippen molar-refractivity contribution in [2.24, 2.45) is 5.41 Å². The summed E-state index contributed by atoms with van der Waals surface area (Å²) in [4.78, 5) is 19.3. The normalized spacial score (nSPS) is 21.0. The van der Waals surface area contributed by atoms with Gasteiger partial charge in [-0.3, -0.25) is 14.7 Å². The van der Waals surface area contributed by atoms with Crippen molar-refractivity contribution in [3.63, 3.8) is 0 Å². The number of nitrogens with one attached hydrogen (secondary N) is 1. The lowest BCUT2D eigenvalue weighted by Gasteiger charge is -2.26. The molecule has 2 aromatic rings. The van der Waals surface area contributed by atoms with Gasteiger partial charge in [0, 0.05) is 38.8 Å². The van der Waals surface area contributed by atoms with Crippen LogP contribution in [0.2, 0.25) is 0 Å². The average molecular weight is 342 g/mol. The lowest BCUT2D eigenvalue weighted by Crippen LogP contribution is -2.43. The maximum Gasteiger partial charge on any atom is 0.227 e. The monoisotopic (exact) mass is 342 g/mol. The maximum atomic E-state index is 12.7. The van der Waals surface area contributed by atoms with Crippen molar-refractivity contribution in [2.45, 2.75) is 39.2 Å². The van der Waals surface area contributed by atoms with Crippen LogP contribution in [0.25, 0.3) is 0 Å². The van der Waals surface area contributed by atoms with Crippen molar-refractivity contribution in [1.82, 2.24) is 20.4 Å². The highest BCUT2D eigenvalue weighted by molar-refractivity contribution is 5.83. The number of likely N-dealkylation sites (tertiary alicyclic amines) is 1. The summed E-state index contributed by atoms with van der Waals surface area (Å²) in [5.41, 5.74) is 1.49. The molecule has 0 saturated carbocycles. The number of hydrogen-bond donors (Lipinski definition) is 1. The molecule has 6 nitrogen and oxygen atoms in total. The highest BCUT2D eigenvalue weighted by Crippen LogP contribution is 2.35. The second-order valence-electron chi connectivity index (χ2n) is 7.19. The predicted octanol–water partition coefficient (Wildman–Crippen LogP) is 2.37. The summed E-state index contributed by atoms with van der Waals surface area (Å²) < 4.78 is 5.50. The van der Waals surface area contributed by atoms with Crippen LogP contribution in [0.4, 0.5) is 0 Å². The van der Waals surface area contributed by atoms with Gasteiger partial charge in [0.15, 0.2) is 0 Å². The van der Waals surface area contributed by atoms with Gasteiger partial charge in [-0.2, -0.15) is 0 Å². The van der Waals surface area contributed by atoms with E-state index in [0.717, 1.165) is 36.7 Å². The average Bonchev–Trinajstić information content (AvgIpc) is 3.23. The van der Waals surface area contributed by atoms with E-state index in [1.165, 1.54) is 0 Å². The van der Waals surface area contributed by atoms with Crippen LogP contribution in [0.5, 0.6) is 0 Å². The van der Waals surface area contributed by atoms with Gasteiger partial charge in [-0.15, -0.1) is 0 Å². The number of pyridine rings is 1. The lowest BCUT2D eigenvalue weighted by molar-refractivity contribution is -0.130. The van der Waals surface area contributed by atoms with Gasteiger partial charge < -0.3 is 9.84 Å². The first kappa shape index (κ1) is 17.6. The fraction of sp³-hybridized carbons (Fsp3) is 0.526. The molecule has 1 N–H and O–H groups in total. The van der Waals surface area contributed by atoms with Gasteiger partial charge in [-0.1, -0.05) is 25.1 Å². The summed E-state index contributed by atoms with van der Waals surface area (Å²) >= 11 is 0. The van der Waals surface area contributed by atoms with E-state index >= 15 is 0 Å². The molecule has 134 valence electrons. The zero-order valence-corrected chi connectivity index (χ0v) is 15.2. The zero-order valence-electron chi connectivity index (χ0n) is 15.2. The van der Waals surface area contributed by atoms with Crippen LogP contribution >= 0.6 is 0 Å². The maximum absolute atomic E-state index is 12.7. The third-order valence-corrected chi connectivity index (χ3v) is 4.93. The standard InChI is InChI=1S/C19H26N4O2/c1-14(2)17-10-16(25-22-17)11-19(18(24)20-3)7-9-23(13-19)12-15-6-4-5-8-21-15/h4-6,8,10,14H,7,9,11-13H2,1-3H3,(H,20,24). The summed E-state index contributed by atoms with van der Waals surface area (Å²) in [6.45, 7) is 6.49. The Balaban J connectivity index is 1.74. The Hall–Kier alpha value is -2.21. The largest absolute Gasteiger partial charge is 0.361 e. The molecule has 1 unspecified atom stereocenters. The number of rotatable bonds is 6. The quantitative estimate of drug-likeness (QED) is 0.873. The third-order valence-electron chi connectivity index (χ3n) is 4.93. The van der Waals surface area contributed by atoms with Crippen LogP contribution < -0.4 is 5.32 Å². The molecule has 2 aromatic heterocycles. The summed E-state index contributed by atoms with van der Waals surface area (Å²) in [6, 6.07) is 7.91. The molecule has 1 amide bonds. The Kier molecular flexibility index (Phi) is 5.18. The molecular weight excluding hydrogens is 316 g/mol. The first-order chi connectivity index (χ1) is 12.0. The van der Waals surface area contributed by atoms with Gasteiger partial charge >= 0.3 is 0 Å². The molecular formula is C19H26N4O2. The van der Waals surface area contributed by atoms with Crippen molar-refractivity contribution < 1.29 is 9.32 Å². The van der Waals surface area contributed by atoms with Crippen molar-refractivity contribution in [2.75, 3.05) is 20.1 Å². The van der Waals surface area contributed by atoms with Crippen LogP contribution in [0.3, 0.4) is 0 Å². The van der Waals surface area contributed by atoms with E-state index in [-0.39, 0.29) is 5.91 Å². The number of hydrogen-bond acceptors (Lipinski definition) is 5. The van der Waals surface area contributed by atoms with Crippen LogP contribution in [0, 0.1) is 5.41 Å². The minimum absolute atomic E-state index is 0.0681. The Bertz CT molecular complexity index is 713. The van der Waals surface area contributed by atoms with E-state index in [1.54, 1.807) is 13.2 Å². The fourth-order valence-electron chi connectivity index (χ4n) is 3.51. The molecule has 3 rings (SSSR count). The van der Waals surface area contributed by atoms with Gasteiger partial charge in [0.05, 0.1) is 16.8 Å². The van der Waals surface area contributed by atoms with Crippen molar-refractivity contribution in [3.05, 3.63) is 47.6 Å². The molecule has 0 aliphatic carbocycles. The zero-order chi connectivity index (χ0) is 17.9. The van der Waals surface area contributed by atoms with Gasteiger partial charge in [-0.25, -0.2) is 0 Å². The molecule has 0 bridgehead atoms. The molecule has 0 spiro atoms. The molecule has 1 aliphatic rings. The number of nitrogens with zero attached hydrogens (tertiary/aromatic N) is 3. The second-order valence-corrected chi connectivity index (χ2v) is 7.19. The van der Waals surface area contributed by atoms with E-state index < -0.39 is 5.41 Å². The molecule has 25 heavy (non-hydrogen) atoms. The summed E-state index contributed by atoms with van der Waals surface area (Å²) in [5.74, 6) is 1.17. The fourth-order valence-corrected chi connectivity index (χ4v) is 3.51. The molecule has 1 aliphatic heterocycles. The summed E-state index contributed by atoms with van der Waals surface area (Å²) in [6.07, 6.45) is 3.18. The van der Waals surface area contributed by atoms with Crippen LogP contribution in [0.1, 0.15) is 43.3 Å². The van der Waals surface area contributed by atoms with Crippen molar-refractivity contribution in [1.29, 1.82) is 0 Å².